The molecule has 0 radical (unpaired) electrons. The lowest BCUT2D eigenvalue weighted by Gasteiger charge is -2.05. The smallest absolute Gasteiger partial charge is 0.295 e. The maximum absolute atomic E-state index is 12.2. The molecule has 0 saturated carbocycles. The van der Waals surface area contributed by atoms with Gasteiger partial charge in [-0.3, -0.25) is 14.0 Å². The van der Waals surface area contributed by atoms with E-state index in [0.717, 1.165) is 0 Å². The number of aromatic nitrogens is 4. The lowest BCUT2D eigenvalue weighted by molar-refractivity contribution is 0.0949. The molecule has 3 rings (SSSR count). The highest BCUT2D eigenvalue weighted by atomic mass is 16.5. The molecule has 0 fully saturated rings. The molecule has 0 unspecified atom stereocenters. The zero-order chi connectivity index (χ0) is 18.7. The fourth-order valence-corrected chi connectivity index (χ4v) is 2.20. The lowest BCUT2D eigenvalue weighted by atomic mass is 10.2. The van der Waals surface area contributed by atoms with Crippen molar-refractivity contribution in [1.82, 2.24) is 25.0 Å². The molecule has 0 atom stereocenters. The van der Waals surface area contributed by atoms with Crippen LogP contribution in [0.25, 0.3) is 5.65 Å². The highest BCUT2D eigenvalue weighted by Gasteiger charge is 2.19. The van der Waals surface area contributed by atoms with E-state index in [4.69, 9.17) is 16.2 Å². The van der Waals surface area contributed by atoms with Gasteiger partial charge in [-0.1, -0.05) is 12.1 Å². The first-order chi connectivity index (χ1) is 12.5. The quantitative estimate of drug-likeness (QED) is 0.413. The van der Waals surface area contributed by atoms with Crippen LogP contribution in [0.5, 0.6) is 5.75 Å². The summed E-state index contributed by atoms with van der Waals surface area (Å²) in [7, 11) is 1.53. The second-order valence-corrected chi connectivity index (χ2v) is 5.03. The number of nitrogens with two attached hydrogens (primary N) is 2. The normalized spacial score (nSPS) is 11.0. The average molecular weight is 354 g/mol. The highest BCUT2D eigenvalue weighted by molar-refractivity contribution is 5.99. The summed E-state index contributed by atoms with van der Waals surface area (Å²) in [5.41, 5.74) is 13.8. The number of benzene rings is 1. The number of nitrogens with zero attached hydrogens (tertiary/aromatic N) is 5. The first kappa shape index (κ1) is 16.8. The molecule has 1 aromatic carbocycles. The Hall–Kier alpha value is -4.02. The summed E-state index contributed by atoms with van der Waals surface area (Å²) in [6.07, 6.45) is 2.65. The van der Waals surface area contributed by atoms with Crippen LogP contribution in [0.3, 0.4) is 0 Å². The molecule has 5 N–H and O–H groups in total. The average Bonchev–Trinajstić information content (AvgIpc) is 3.07. The van der Waals surface area contributed by atoms with Crippen LogP contribution in [0.2, 0.25) is 0 Å². The van der Waals surface area contributed by atoms with Crippen molar-refractivity contribution in [2.24, 2.45) is 10.8 Å². The maximum Gasteiger partial charge on any atom is 0.295 e. The van der Waals surface area contributed by atoms with Crippen LogP contribution in [0.1, 0.15) is 26.5 Å². The first-order valence-electron chi connectivity index (χ1n) is 7.28. The number of amides is 2. The Labute approximate surface area is 146 Å². The minimum absolute atomic E-state index is 0.0556. The Morgan fingerprint density at radius 2 is 2.04 bits per heavy atom. The molecule has 3 aromatic rings. The van der Waals surface area contributed by atoms with Crippen LogP contribution < -0.4 is 21.6 Å². The van der Waals surface area contributed by atoms with Crippen LogP contribution in [0.15, 0.2) is 35.7 Å². The number of hydrogen-bond donors (Lipinski definition) is 3. The van der Waals surface area contributed by atoms with E-state index in [9.17, 15) is 9.59 Å². The Morgan fingerprint density at radius 3 is 2.77 bits per heavy atom. The van der Waals surface area contributed by atoms with Gasteiger partial charge in [0.15, 0.2) is 17.0 Å². The predicted octanol–water partition coefficient (Wildman–Crippen LogP) is -0.422. The third-order valence-electron chi connectivity index (χ3n) is 3.45. The second kappa shape index (κ2) is 6.84. The molecule has 132 valence electrons. The van der Waals surface area contributed by atoms with Gasteiger partial charge in [0.1, 0.15) is 17.9 Å². The lowest BCUT2D eigenvalue weighted by Crippen LogP contribution is -2.23. The number of para-hydroxylation sites is 1. The number of hydrogen-bond acceptors (Lipinski definition) is 8. The number of carbonyl (C=O) groups is 2. The maximum atomic E-state index is 12.2. The van der Waals surface area contributed by atoms with Gasteiger partial charge in [-0.05, 0) is 12.1 Å². The van der Waals surface area contributed by atoms with Gasteiger partial charge in [-0.25, -0.2) is 10.4 Å². The van der Waals surface area contributed by atoms with Crippen LogP contribution in [0, 0.1) is 0 Å². The number of hydrazone groups is 1. The predicted molar refractivity (Wildman–Crippen MR) is 91.8 cm³/mol. The van der Waals surface area contributed by atoms with Gasteiger partial charge in [0, 0.05) is 5.56 Å². The molecule has 11 heteroatoms. The van der Waals surface area contributed by atoms with E-state index in [-0.39, 0.29) is 22.9 Å². The summed E-state index contributed by atoms with van der Waals surface area (Å²) in [4.78, 5) is 27.3. The third kappa shape index (κ3) is 3.00. The number of nitrogen functional groups attached to an aromatic ring is 1. The molecule has 0 aliphatic heterocycles. The summed E-state index contributed by atoms with van der Waals surface area (Å²) in [6.45, 7) is 0. The second-order valence-electron chi connectivity index (χ2n) is 5.03. The summed E-state index contributed by atoms with van der Waals surface area (Å²) in [5, 5.41) is 11.4. The zero-order valence-corrected chi connectivity index (χ0v) is 13.6. The molecule has 2 heterocycles. The molecular weight excluding hydrogens is 340 g/mol. The van der Waals surface area contributed by atoms with Crippen molar-refractivity contribution in [2.75, 3.05) is 12.8 Å². The number of methoxy groups -OCH3 is 1. The fourth-order valence-electron chi connectivity index (χ4n) is 2.20. The molecule has 2 aromatic heterocycles. The zero-order valence-electron chi connectivity index (χ0n) is 13.6. The monoisotopic (exact) mass is 354 g/mol. The number of imidazole rings is 1. The summed E-state index contributed by atoms with van der Waals surface area (Å²) >= 11 is 0. The largest absolute Gasteiger partial charge is 0.496 e. The summed E-state index contributed by atoms with van der Waals surface area (Å²) in [5.74, 6) is -0.916. The molecule has 26 heavy (non-hydrogen) atoms. The van der Waals surface area contributed by atoms with Crippen molar-refractivity contribution >= 4 is 29.5 Å². The molecule has 2 amide bonds. The Kier molecular flexibility index (Phi) is 4.43. The molecular formula is C15H14N8O3. The van der Waals surface area contributed by atoms with Gasteiger partial charge in [0.25, 0.3) is 11.8 Å². The molecule has 0 saturated heterocycles. The molecule has 11 nitrogen and oxygen atoms in total. The minimum Gasteiger partial charge on any atom is -0.496 e. The Balaban J connectivity index is 1.83. The van der Waals surface area contributed by atoms with Crippen molar-refractivity contribution in [2.45, 2.75) is 0 Å². The van der Waals surface area contributed by atoms with E-state index < -0.39 is 11.8 Å². The summed E-state index contributed by atoms with van der Waals surface area (Å²) in [6, 6.07) is 7.14. The number of fused-ring (bicyclic) bond motifs is 1. The number of rotatable bonds is 5. The van der Waals surface area contributed by atoms with Crippen molar-refractivity contribution in [3.05, 3.63) is 47.5 Å². The number of nitrogens with one attached hydrogen (secondary N) is 1. The van der Waals surface area contributed by atoms with Crippen molar-refractivity contribution in [3.8, 4) is 5.75 Å². The van der Waals surface area contributed by atoms with Crippen LogP contribution >= 0.6 is 0 Å². The van der Waals surface area contributed by atoms with Gasteiger partial charge in [0.2, 0.25) is 0 Å². The first-order valence-corrected chi connectivity index (χ1v) is 7.28. The van der Waals surface area contributed by atoms with E-state index in [2.05, 4.69) is 25.7 Å². The van der Waals surface area contributed by atoms with E-state index in [0.29, 0.717) is 11.3 Å². The van der Waals surface area contributed by atoms with E-state index in [1.165, 1.54) is 24.1 Å². The Morgan fingerprint density at radius 1 is 1.27 bits per heavy atom. The Bertz CT molecular complexity index is 1030. The van der Waals surface area contributed by atoms with Crippen molar-refractivity contribution < 1.29 is 14.3 Å². The number of carbonyl (C=O) groups excluding carboxylic acids is 2. The standard InChI is InChI=1S/C15H14N8O3/c1-26-9-5-3-2-4-8(9)6-19-22-15(25)10-12(16)23-7-18-11(13(17)24)14(23)21-20-10/h2-7H,16H2,1H3,(H2,17,24)(H,22,25)/b19-6+. The highest BCUT2D eigenvalue weighted by Crippen LogP contribution is 2.15. The van der Waals surface area contributed by atoms with Crippen molar-refractivity contribution in [1.29, 1.82) is 0 Å². The van der Waals surface area contributed by atoms with E-state index in [1.54, 1.807) is 18.2 Å². The topological polar surface area (TPSA) is 163 Å². The molecule has 0 aliphatic carbocycles. The van der Waals surface area contributed by atoms with Crippen LogP contribution in [0.4, 0.5) is 5.82 Å². The van der Waals surface area contributed by atoms with Gasteiger partial charge in [-0.2, -0.15) is 5.10 Å². The van der Waals surface area contributed by atoms with Gasteiger partial charge >= 0.3 is 0 Å². The van der Waals surface area contributed by atoms with E-state index in [1.807, 2.05) is 6.07 Å². The van der Waals surface area contributed by atoms with Gasteiger partial charge in [-0.15, -0.1) is 10.2 Å². The third-order valence-corrected chi connectivity index (χ3v) is 3.45. The number of ether oxygens (including phenoxy) is 1. The van der Waals surface area contributed by atoms with Crippen LogP contribution in [-0.4, -0.2) is 44.7 Å². The fraction of sp³-hybridized carbons (Fsp3) is 0.0667. The molecule has 0 bridgehead atoms. The SMILES string of the molecule is COc1ccccc1/C=N/NC(=O)c1nnc2c(C(N)=O)ncn2c1N. The van der Waals surface area contributed by atoms with Crippen molar-refractivity contribution in [3.63, 3.8) is 0 Å². The minimum atomic E-state index is -0.778. The molecule has 0 aliphatic rings. The number of anilines is 1. The number of primary amides is 1. The van der Waals surface area contributed by atoms with Gasteiger partial charge in [0.05, 0.1) is 13.3 Å². The van der Waals surface area contributed by atoms with Gasteiger partial charge < -0.3 is 16.2 Å². The van der Waals surface area contributed by atoms with E-state index >= 15 is 0 Å². The van der Waals surface area contributed by atoms with Crippen LogP contribution in [-0.2, 0) is 0 Å². The summed E-state index contributed by atoms with van der Waals surface area (Å²) < 4.78 is 6.42. The molecule has 0 spiro atoms.